The molecule has 0 aliphatic heterocycles. The summed E-state index contributed by atoms with van der Waals surface area (Å²) < 4.78 is 0. The Bertz CT molecular complexity index is 512. The molecular formula is C12H17ClN4S. The number of halogens is 1. The van der Waals surface area contributed by atoms with Gasteiger partial charge in [0.1, 0.15) is 5.01 Å². The average molecular weight is 285 g/mol. The van der Waals surface area contributed by atoms with Gasteiger partial charge in [0.2, 0.25) is 5.13 Å². The highest BCUT2D eigenvalue weighted by Gasteiger charge is 2.13. The minimum atomic E-state index is 0. The fraction of sp³-hybridized carbons (Fsp3) is 0.333. The Balaban J connectivity index is 0.00000162. The molecule has 0 amide bonds. The van der Waals surface area contributed by atoms with E-state index in [2.05, 4.69) is 29.3 Å². The molecule has 98 valence electrons. The SMILES string of the molecule is Cc1ccccc1-c1nnc(N(N)C(C)C)s1.Cl. The van der Waals surface area contributed by atoms with Gasteiger partial charge in [-0.15, -0.1) is 22.6 Å². The fourth-order valence-corrected chi connectivity index (χ4v) is 2.45. The summed E-state index contributed by atoms with van der Waals surface area (Å²) in [6, 6.07) is 8.36. The van der Waals surface area contributed by atoms with E-state index in [1.807, 2.05) is 26.0 Å². The summed E-state index contributed by atoms with van der Waals surface area (Å²) in [5, 5.41) is 11.6. The number of rotatable bonds is 3. The number of nitrogens with two attached hydrogens (primary N) is 1. The predicted molar refractivity (Wildman–Crippen MR) is 79.1 cm³/mol. The van der Waals surface area contributed by atoms with Crippen LogP contribution < -0.4 is 10.9 Å². The van der Waals surface area contributed by atoms with Crippen LogP contribution in [0.1, 0.15) is 19.4 Å². The van der Waals surface area contributed by atoms with Crippen LogP contribution >= 0.6 is 23.7 Å². The van der Waals surface area contributed by atoms with Gasteiger partial charge >= 0.3 is 0 Å². The molecule has 6 heteroatoms. The summed E-state index contributed by atoms with van der Waals surface area (Å²) in [5.74, 6) is 5.91. The van der Waals surface area contributed by atoms with Crippen molar-refractivity contribution in [3.63, 3.8) is 0 Å². The van der Waals surface area contributed by atoms with Gasteiger partial charge in [0.25, 0.3) is 0 Å². The number of hydrogen-bond acceptors (Lipinski definition) is 5. The van der Waals surface area contributed by atoms with Gasteiger partial charge in [0, 0.05) is 11.6 Å². The molecule has 2 aromatic rings. The summed E-state index contributed by atoms with van der Waals surface area (Å²) in [7, 11) is 0. The number of aryl methyl sites for hydroxylation is 1. The van der Waals surface area contributed by atoms with Crippen molar-refractivity contribution in [3.8, 4) is 10.6 Å². The van der Waals surface area contributed by atoms with Gasteiger partial charge in [-0.25, -0.2) is 5.84 Å². The van der Waals surface area contributed by atoms with Gasteiger partial charge in [-0.05, 0) is 26.3 Å². The Morgan fingerprint density at radius 1 is 1.22 bits per heavy atom. The highest BCUT2D eigenvalue weighted by Crippen LogP contribution is 2.30. The standard InChI is InChI=1S/C12H16N4S.ClH/c1-8(2)16(13)12-15-14-11(17-12)10-7-5-4-6-9(10)3;/h4-8H,13H2,1-3H3;1H. The lowest BCUT2D eigenvalue weighted by Crippen LogP contribution is -2.37. The number of hydrazine groups is 1. The van der Waals surface area contributed by atoms with E-state index in [0.29, 0.717) is 0 Å². The van der Waals surface area contributed by atoms with Gasteiger partial charge in [-0.1, -0.05) is 35.6 Å². The molecule has 0 bridgehead atoms. The molecule has 0 aliphatic carbocycles. The van der Waals surface area contributed by atoms with Crippen molar-refractivity contribution in [1.82, 2.24) is 10.2 Å². The molecule has 0 saturated carbocycles. The van der Waals surface area contributed by atoms with Gasteiger partial charge in [-0.3, -0.25) is 5.01 Å². The number of hydrogen-bond donors (Lipinski definition) is 1. The van der Waals surface area contributed by atoms with Crippen LogP contribution in [0.4, 0.5) is 5.13 Å². The van der Waals surface area contributed by atoms with Crippen LogP contribution in [-0.2, 0) is 0 Å². The third kappa shape index (κ3) is 2.98. The topological polar surface area (TPSA) is 55.0 Å². The zero-order chi connectivity index (χ0) is 12.4. The molecule has 18 heavy (non-hydrogen) atoms. The second-order valence-electron chi connectivity index (χ2n) is 4.21. The van der Waals surface area contributed by atoms with Crippen molar-refractivity contribution in [3.05, 3.63) is 29.8 Å². The van der Waals surface area contributed by atoms with Crippen LogP contribution in [0, 0.1) is 6.92 Å². The van der Waals surface area contributed by atoms with E-state index in [-0.39, 0.29) is 18.4 Å². The maximum absolute atomic E-state index is 5.91. The van der Waals surface area contributed by atoms with Crippen molar-refractivity contribution < 1.29 is 0 Å². The Kier molecular flexibility index (Phi) is 5.07. The third-order valence-electron chi connectivity index (χ3n) is 2.57. The number of anilines is 1. The second-order valence-corrected chi connectivity index (χ2v) is 5.16. The minimum Gasteiger partial charge on any atom is -0.282 e. The molecule has 0 fully saturated rings. The van der Waals surface area contributed by atoms with E-state index < -0.39 is 0 Å². The normalized spacial score (nSPS) is 10.3. The van der Waals surface area contributed by atoms with Crippen LogP contribution in [0.2, 0.25) is 0 Å². The first-order chi connectivity index (χ1) is 8.09. The lowest BCUT2D eigenvalue weighted by molar-refractivity contribution is 0.704. The first-order valence-corrected chi connectivity index (χ1v) is 6.34. The van der Waals surface area contributed by atoms with Gasteiger partial charge < -0.3 is 0 Å². The van der Waals surface area contributed by atoms with E-state index in [4.69, 9.17) is 5.84 Å². The molecule has 4 nitrogen and oxygen atoms in total. The highest BCUT2D eigenvalue weighted by atomic mass is 35.5. The molecule has 2 rings (SSSR count). The zero-order valence-electron chi connectivity index (χ0n) is 10.6. The molecule has 0 aliphatic rings. The van der Waals surface area contributed by atoms with Crippen LogP contribution in [0.3, 0.4) is 0 Å². The van der Waals surface area contributed by atoms with Crippen LogP contribution in [0.5, 0.6) is 0 Å². The monoisotopic (exact) mass is 284 g/mol. The molecule has 2 N–H and O–H groups in total. The Morgan fingerprint density at radius 2 is 1.89 bits per heavy atom. The van der Waals surface area contributed by atoms with Crippen molar-refractivity contribution in [2.75, 3.05) is 5.01 Å². The van der Waals surface area contributed by atoms with E-state index in [9.17, 15) is 0 Å². The summed E-state index contributed by atoms with van der Waals surface area (Å²) >= 11 is 1.52. The average Bonchev–Trinajstić information content (AvgIpc) is 2.77. The summed E-state index contributed by atoms with van der Waals surface area (Å²) in [5.41, 5.74) is 2.32. The van der Waals surface area contributed by atoms with E-state index >= 15 is 0 Å². The fourth-order valence-electron chi connectivity index (χ4n) is 1.46. The molecule has 1 aromatic heterocycles. The third-order valence-corrected chi connectivity index (χ3v) is 3.54. The molecule has 0 saturated heterocycles. The lowest BCUT2D eigenvalue weighted by atomic mass is 10.1. The molecule has 0 radical (unpaired) electrons. The maximum atomic E-state index is 5.91. The highest BCUT2D eigenvalue weighted by molar-refractivity contribution is 7.18. The van der Waals surface area contributed by atoms with E-state index in [1.54, 1.807) is 5.01 Å². The van der Waals surface area contributed by atoms with Crippen molar-refractivity contribution >= 4 is 28.9 Å². The van der Waals surface area contributed by atoms with Crippen LogP contribution in [0.15, 0.2) is 24.3 Å². The second kappa shape index (κ2) is 6.13. The molecule has 0 spiro atoms. The summed E-state index contributed by atoms with van der Waals surface area (Å²) in [6.07, 6.45) is 0. The lowest BCUT2D eigenvalue weighted by Gasteiger charge is -2.18. The molecule has 1 heterocycles. The Hall–Kier alpha value is -1.17. The first-order valence-electron chi connectivity index (χ1n) is 5.53. The van der Waals surface area contributed by atoms with Gasteiger partial charge in [0.05, 0.1) is 0 Å². The smallest absolute Gasteiger partial charge is 0.222 e. The number of nitrogens with zero attached hydrogens (tertiary/aromatic N) is 3. The minimum absolute atomic E-state index is 0. The van der Waals surface area contributed by atoms with Crippen LogP contribution in [0.25, 0.3) is 10.6 Å². The summed E-state index contributed by atoms with van der Waals surface area (Å²) in [6.45, 7) is 6.11. The predicted octanol–water partition coefficient (Wildman–Crippen LogP) is 3.02. The van der Waals surface area contributed by atoms with Gasteiger partial charge in [0.15, 0.2) is 0 Å². The van der Waals surface area contributed by atoms with Crippen molar-refractivity contribution in [2.24, 2.45) is 5.84 Å². The first kappa shape index (κ1) is 14.9. The molecule has 0 atom stereocenters. The Labute approximate surface area is 117 Å². The Morgan fingerprint density at radius 3 is 2.50 bits per heavy atom. The zero-order valence-corrected chi connectivity index (χ0v) is 12.3. The molecular weight excluding hydrogens is 268 g/mol. The quantitative estimate of drug-likeness (QED) is 0.695. The largest absolute Gasteiger partial charge is 0.282 e. The number of aromatic nitrogens is 2. The molecule has 0 unspecified atom stereocenters. The molecule has 1 aromatic carbocycles. The summed E-state index contributed by atoms with van der Waals surface area (Å²) in [4.78, 5) is 0. The van der Waals surface area contributed by atoms with Gasteiger partial charge in [-0.2, -0.15) is 0 Å². The van der Waals surface area contributed by atoms with E-state index in [0.717, 1.165) is 15.7 Å². The number of benzene rings is 1. The van der Waals surface area contributed by atoms with Crippen molar-refractivity contribution in [1.29, 1.82) is 0 Å². The van der Waals surface area contributed by atoms with E-state index in [1.165, 1.54) is 16.9 Å². The van der Waals surface area contributed by atoms with Crippen LogP contribution in [-0.4, -0.2) is 16.2 Å². The maximum Gasteiger partial charge on any atom is 0.222 e. The van der Waals surface area contributed by atoms with Crippen molar-refractivity contribution in [2.45, 2.75) is 26.8 Å².